The van der Waals surface area contributed by atoms with Gasteiger partial charge in [-0.05, 0) is 49.2 Å². The maximum absolute atomic E-state index is 13.4. The second-order valence-corrected chi connectivity index (χ2v) is 10.4. The molecule has 3 aromatic carbocycles. The van der Waals surface area contributed by atoms with Gasteiger partial charge in [-0.15, -0.1) is 0 Å². The van der Waals surface area contributed by atoms with Crippen LogP contribution in [0.3, 0.4) is 0 Å². The number of carbonyl (C=O) groups excluding carboxylic acids is 2. The molecule has 0 unspecified atom stereocenters. The highest BCUT2D eigenvalue weighted by Crippen LogP contribution is 2.43. The third-order valence-electron chi connectivity index (χ3n) is 5.89. The molecule has 0 spiro atoms. The lowest BCUT2D eigenvalue weighted by Crippen LogP contribution is -2.29. The number of thioether (sulfide) groups is 1. The molecule has 192 valence electrons. The number of allylic oxidation sites excluding steroid dienone is 1. The van der Waals surface area contributed by atoms with Gasteiger partial charge in [0, 0.05) is 10.2 Å². The van der Waals surface area contributed by atoms with Crippen molar-refractivity contribution in [3.63, 3.8) is 0 Å². The fourth-order valence-corrected chi connectivity index (χ4v) is 5.22. The maximum atomic E-state index is 13.4. The first kappa shape index (κ1) is 27.2. The number of esters is 1. The molecule has 1 atom stereocenters. The number of ether oxygens (including phenoxy) is 1. The van der Waals surface area contributed by atoms with Gasteiger partial charge in [0.15, 0.2) is 0 Å². The van der Waals surface area contributed by atoms with Crippen LogP contribution in [0.25, 0.3) is 5.70 Å². The van der Waals surface area contributed by atoms with Crippen LogP contribution in [0.5, 0.6) is 0 Å². The van der Waals surface area contributed by atoms with Crippen molar-refractivity contribution in [3.8, 4) is 6.07 Å². The molecule has 3 aromatic rings. The number of hydrogen-bond acceptors (Lipinski definition) is 6. The van der Waals surface area contributed by atoms with Crippen LogP contribution in [0, 0.1) is 18.3 Å². The molecule has 0 bridgehead atoms. The molecule has 2 N–H and O–H groups in total. The van der Waals surface area contributed by atoms with Gasteiger partial charge in [-0.2, -0.15) is 5.26 Å². The Morgan fingerprint density at radius 2 is 1.74 bits per heavy atom. The Kier molecular flexibility index (Phi) is 9.06. The number of amides is 1. The molecule has 38 heavy (non-hydrogen) atoms. The molecule has 0 saturated heterocycles. The summed E-state index contributed by atoms with van der Waals surface area (Å²) >= 11 is 4.61. The number of rotatable bonds is 8. The van der Waals surface area contributed by atoms with Crippen molar-refractivity contribution in [1.29, 1.82) is 5.26 Å². The van der Waals surface area contributed by atoms with E-state index in [-0.39, 0.29) is 18.3 Å². The molecule has 0 radical (unpaired) electrons. The third-order valence-corrected chi connectivity index (χ3v) is 7.44. The van der Waals surface area contributed by atoms with Crippen molar-refractivity contribution in [3.05, 3.63) is 116 Å². The number of aryl methyl sites for hydroxylation is 1. The van der Waals surface area contributed by atoms with Crippen molar-refractivity contribution in [2.24, 2.45) is 0 Å². The smallest absolute Gasteiger partial charge is 0.337 e. The van der Waals surface area contributed by atoms with Gasteiger partial charge in [0.2, 0.25) is 5.91 Å². The van der Waals surface area contributed by atoms with E-state index in [9.17, 15) is 14.9 Å². The number of nitriles is 1. The first-order valence-electron chi connectivity index (χ1n) is 12.0. The van der Waals surface area contributed by atoms with E-state index in [0.29, 0.717) is 27.6 Å². The minimum Gasteiger partial charge on any atom is -0.463 e. The highest BCUT2D eigenvalue weighted by atomic mass is 79.9. The average Bonchev–Trinajstić information content (AvgIpc) is 2.93. The molecule has 0 aromatic heterocycles. The standard InChI is InChI=1S/C30H26BrN3O3S/c1-3-37-30(36)27-26(20-11-9-19(2)10-12-20)24(17-32)29(34-28(27)21-7-5-4-6-8-21)38-18-25(35)33-23-15-13-22(31)14-16-23/h4-16,26,34H,3,18H2,1-2H3,(H,33,35)/t26-/m1/s1. The lowest BCUT2D eigenvalue weighted by Gasteiger charge is -2.30. The fraction of sp³-hybridized carbons (Fsp3) is 0.167. The van der Waals surface area contributed by atoms with Crippen molar-refractivity contribution >= 4 is 51.0 Å². The Bertz CT molecular complexity index is 1430. The Morgan fingerprint density at radius 1 is 1.05 bits per heavy atom. The minimum absolute atomic E-state index is 0.0704. The maximum Gasteiger partial charge on any atom is 0.337 e. The van der Waals surface area contributed by atoms with Gasteiger partial charge in [-0.25, -0.2) is 4.79 Å². The number of halogens is 1. The Hall–Kier alpha value is -3.80. The molecule has 1 heterocycles. The van der Waals surface area contributed by atoms with E-state index in [1.54, 1.807) is 19.1 Å². The second kappa shape index (κ2) is 12.6. The zero-order chi connectivity index (χ0) is 27.1. The predicted molar refractivity (Wildman–Crippen MR) is 155 cm³/mol. The highest BCUT2D eigenvalue weighted by molar-refractivity contribution is 9.10. The van der Waals surface area contributed by atoms with Crippen LogP contribution < -0.4 is 10.6 Å². The molecule has 1 aliphatic rings. The van der Waals surface area contributed by atoms with Crippen LogP contribution in [-0.4, -0.2) is 24.2 Å². The van der Waals surface area contributed by atoms with Gasteiger partial charge in [-0.3, -0.25) is 4.79 Å². The molecule has 4 rings (SSSR count). The zero-order valence-corrected chi connectivity index (χ0v) is 23.4. The Morgan fingerprint density at radius 3 is 2.37 bits per heavy atom. The lowest BCUT2D eigenvalue weighted by molar-refractivity contribution is -0.138. The van der Waals surface area contributed by atoms with Crippen LogP contribution in [0.15, 0.2) is 99.5 Å². The summed E-state index contributed by atoms with van der Waals surface area (Å²) in [7, 11) is 0. The summed E-state index contributed by atoms with van der Waals surface area (Å²) in [6.07, 6.45) is 0. The summed E-state index contributed by atoms with van der Waals surface area (Å²) < 4.78 is 6.38. The fourth-order valence-electron chi connectivity index (χ4n) is 4.12. The second-order valence-electron chi connectivity index (χ2n) is 8.54. The monoisotopic (exact) mass is 587 g/mol. The number of nitrogens with one attached hydrogen (secondary N) is 2. The summed E-state index contributed by atoms with van der Waals surface area (Å²) in [5.74, 6) is -1.29. The normalized spacial score (nSPS) is 14.9. The molecule has 0 saturated carbocycles. The molecular weight excluding hydrogens is 562 g/mol. The molecule has 6 nitrogen and oxygen atoms in total. The van der Waals surface area contributed by atoms with E-state index in [4.69, 9.17) is 4.74 Å². The molecular formula is C30H26BrN3O3S. The number of dihydropyridines is 1. The van der Waals surface area contributed by atoms with Crippen molar-refractivity contribution in [2.75, 3.05) is 17.7 Å². The number of nitrogens with zero attached hydrogens (tertiary/aromatic N) is 1. The first-order valence-corrected chi connectivity index (χ1v) is 13.8. The van der Waals surface area contributed by atoms with Crippen molar-refractivity contribution in [1.82, 2.24) is 5.32 Å². The van der Waals surface area contributed by atoms with E-state index in [1.807, 2.05) is 73.7 Å². The van der Waals surface area contributed by atoms with Gasteiger partial charge in [0.1, 0.15) is 0 Å². The average molecular weight is 589 g/mol. The molecule has 0 fully saturated rings. The summed E-state index contributed by atoms with van der Waals surface area (Å²) in [4.78, 5) is 26.1. The van der Waals surface area contributed by atoms with Gasteiger partial charge < -0.3 is 15.4 Å². The Labute approximate surface area is 234 Å². The van der Waals surface area contributed by atoms with Crippen molar-refractivity contribution < 1.29 is 14.3 Å². The topological polar surface area (TPSA) is 91.2 Å². The van der Waals surface area contributed by atoms with Crippen LogP contribution in [0.1, 0.15) is 29.5 Å². The highest BCUT2D eigenvalue weighted by Gasteiger charge is 2.37. The van der Waals surface area contributed by atoms with E-state index < -0.39 is 11.9 Å². The third kappa shape index (κ3) is 6.36. The van der Waals surface area contributed by atoms with Crippen LogP contribution in [-0.2, 0) is 14.3 Å². The lowest BCUT2D eigenvalue weighted by atomic mass is 9.81. The molecule has 0 aliphatic carbocycles. The van der Waals surface area contributed by atoms with Crippen LogP contribution in [0.4, 0.5) is 5.69 Å². The SMILES string of the molecule is CCOC(=O)C1=C(c2ccccc2)NC(SCC(=O)Nc2ccc(Br)cc2)=C(C#N)[C@H]1c1ccc(C)cc1. The van der Waals surface area contributed by atoms with E-state index >= 15 is 0 Å². The summed E-state index contributed by atoms with van der Waals surface area (Å²) in [6.45, 7) is 3.94. The van der Waals surface area contributed by atoms with Gasteiger partial charge >= 0.3 is 5.97 Å². The largest absolute Gasteiger partial charge is 0.463 e. The predicted octanol–water partition coefficient (Wildman–Crippen LogP) is 6.53. The van der Waals surface area contributed by atoms with E-state index in [0.717, 1.165) is 21.2 Å². The van der Waals surface area contributed by atoms with Crippen LogP contribution >= 0.6 is 27.7 Å². The first-order chi connectivity index (χ1) is 18.4. The summed E-state index contributed by atoms with van der Waals surface area (Å²) in [6, 6.07) is 26.8. The molecule has 1 aliphatic heterocycles. The number of hydrogen-bond donors (Lipinski definition) is 2. The Balaban J connectivity index is 1.75. The van der Waals surface area contributed by atoms with Gasteiger partial charge in [0.05, 0.1) is 46.2 Å². The van der Waals surface area contributed by atoms with E-state index in [2.05, 4.69) is 32.6 Å². The summed E-state index contributed by atoms with van der Waals surface area (Å²) in [5, 5.41) is 17.0. The van der Waals surface area contributed by atoms with Gasteiger partial charge in [-0.1, -0.05) is 87.9 Å². The quantitative estimate of drug-likeness (QED) is 0.291. The zero-order valence-electron chi connectivity index (χ0n) is 21.0. The summed E-state index contributed by atoms with van der Waals surface area (Å²) in [5.41, 5.74) is 4.60. The number of carbonyl (C=O) groups is 2. The number of anilines is 1. The van der Waals surface area contributed by atoms with Crippen LogP contribution in [0.2, 0.25) is 0 Å². The van der Waals surface area contributed by atoms with Gasteiger partial charge in [0.25, 0.3) is 0 Å². The minimum atomic E-state index is -0.659. The molecule has 1 amide bonds. The molecule has 8 heteroatoms. The van der Waals surface area contributed by atoms with E-state index in [1.165, 1.54) is 11.8 Å². The van der Waals surface area contributed by atoms with Crippen molar-refractivity contribution in [2.45, 2.75) is 19.8 Å². The number of benzene rings is 3.